The summed E-state index contributed by atoms with van der Waals surface area (Å²) in [5.41, 5.74) is 1.04. The predicted octanol–water partition coefficient (Wildman–Crippen LogP) is 3.62. The van der Waals surface area contributed by atoms with Crippen molar-refractivity contribution >= 4 is 11.9 Å². The third-order valence-electron chi connectivity index (χ3n) is 3.64. The molecule has 0 fully saturated rings. The molecule has 4 heteroatoms. The van der Waals surface area contributed by atoms with Crippen molar-refractivity contribution < 1.29 is 14.3 Å². The zero-order valence-electron chi connectivity index (χ0n) is 12.6. The van der Waals surface area contributed by atoms with Crippen LogP contribution in [-0.4, -0.2) is 23.3 Å². The second-order valence-corrected chi connectivity index (χ2v) is 5.26. The van der Waals surface area contributed by atoms with Gasteiger partial charge in [0.15, 0.2) is 0 Å². The minimum absolute atomic E-state index is 0.155. The molecule has 1 aliphatic heterocycles. The molecule has 0 saturated heterocycles. The van der Waals surface area contributed by atoms with E-state index in [-0.39, 0.29) is 5.91 Å². The normalized spacial score (nSPS) is 14.1. The highest BCUT2D eigenvalue weighted by molar-refractivity contribution is 5.96. The highest BCUT2D eigenvalue weighted by atomic mass is 16.6. The molecular weight excluding hydrogens is 290 g/mol. The number of rotatable bonds is 3. The Kier molecular flexibility index (Phi) is 4.52. The van der Waals surface area contributed by atoms with Gasteiger partial charge in [0, 0.05) is 12.1 Å². The molecular formula is C19H17NO3. The Balaban J connectivity index is 1.78. The van der Waals surface area contributed by atoms with E-state index in [0.29, 0.717) is 23.6 Å². The van der Waals surface area contributed by atoms with Crippen LogP contribution in [0.3, 0.4) is 0 Å². The molecule has 0 spiro atoms. The predicted molar refractivity (Wildman–Crippen MR) is 86.7 cm³/mol. The molecule has 23 heavy (non-hydrogen) atoms. The lowest BCUT2D eigenvalue weighted by molar-refractivity contribution is 0.0440. The van der Waals surface area contributed by atoms with Crippen molar-refractivity contribution in [1.82, 2.24) is 4.90 Å². The molecule has 2 aromatic carbocycles. The monoisotopic (exact) mass is 307 g/mol. The number of hydrogen-bond donors (Lipinski definition) is 0. The summed E-state index contributed by atoms with van der Waals surface area (Å²) in [5.74, 6) is -0.291. The van der Waals surface area contributed by atoms with E-state index in [0.717, 1.165) is 12.8 Å². The van der Waals surface area contributed by atoms with Gasteiger partial charge in [0.25, 0.3) is 5.91 Å². The Labute approximate surface area is 135 Å². The van der Waals surface area contributed by atoms with E-state index in [9.17, 15) is 9.59 Å². The van der Waals surface area contributed by atoms with Crippen molar-refractivity contribution in [2.24, 2.45) is 0 Å². The van der Waals surface area contributed by atoms with E-state index < -0.39 is 5.97 Å². The third-order valence-corrected chi connectivity index (χ3v) is 3.64. The third kappa shape index (κ3) is 3.48. The first-order valence-electron chi connectivity index (χ1n) is 7.60. The van der Waals surface area contributed by atoms with Crippen LogP contribution in [0.15, 0.2) is 72.6 Å². The summed E-state index contributed by atoms with van der Waals surface area (Å²) < 4.78 is 5.46. The van der Waals surface area contributed by atoms with Gasteiger partial charge >= 0.3 is 5.97 Å². The molecule has 3 rings (SSSR count). The lowest BCUT2D eigenvalue weighted by atomic mass is 10.1. The summed E-state index contributed by atoms with van der Waals surface area (Å²) in [6.07, 6.45) is 3.44. The van der Waals surface area contributed by atoms with Gasteiger partial charge in [-0.15, -0.1) is 0 Å². The SMILES string of the molecule is O=C(OC1=CCCCN1C(=O)c1ccccc1)c1ccccc1. The van der Waals surface area contributed by atoms with Gasteiger partial charge in [0.2, 0.25) is 5.88 Å². The molecule has 0 radical (unpaired) electrons. The van der Waals surface area contributed by atoms with Crippen molar-refractivity contribution in [1.29, 1.82) is 0 Å². The average molecular weight is 307 g/mol. The van der Waals surface area contributed by atoms with Crippen LogP contribution in [0.5, 0.6) is 0 Å². The molecule has 1 heterocycles. The van der Waals surface area contributed by atoms with E-state index >= 15 is 0 Å². The Morgan fingerprint density at radius 1 is 0.870 bits per heavy atom. The van der Waals surface area contributed by atoms with Gasteiger partial charge in [-0.2, -0.15) is 0 Å². The molecule has 0 saturated carbocycles. The lowest BCUT2D eigenvalue weighted by Crippen LogP contribution is -2.35. The number of carbonyl (C=O) groups is 2. The molecule has 0 aromatic heterocycles. The van der Waals surface area contributed by atoms with Crippen molar-refractivity contribution in [3.8, 4) is 0 Å². The number of carbonyl (C=O) groups excluding carboxylic acids is 2. The smallest absolute Gasteiger partial charge is 0.344 e. The van der Waals surface area contributed by atoms with Gasteiger partial charge in [-0.05, 0) is 43.2 Å². The van der Waals surface area contributed by atoms with Gasteiger partial charge in [0.1, 0.15) is 0 Å². The molecule has 1 amide bonds. The number of hydrogen-bond acceptors (Lipinski definition) is 3. The number of benzene rings is 2. The Hall–Kier alpha value is -2.88. The van der Waals surface area contributed by atoms with E-state index in [1.54, 1.807) is 42.5 Å². The summed E-state index contributed by atoms with van der Waals surface area (Å²) in [4.78, 5) is 26.4. The van der Waals surface area contributed by atoms with Crippen LogP contribution in [-0.2, 0) is 4.74 Å². The minimum atomic E-state index is -0.454. The number of allylic oxidation sites excluding steroid dienone is 1. The number of esters is 1. The summed E-state index contributed by atoms with van der Waals surface area (Å²) in [5, 5.41) is 0. The van der Waals surface area contributed by atoms with Gasteiger partial charge < -0.3 is 4.74 Å². The van der Waals surface area contributed by atoms with Crippen LogP contribution < -0.4 is 0 Å². The molecule has 0 aliphatic carbocycles. The van der Waals surface area contributed by atoms with Crippen LogP contribution in [0.25, 0.3) is 0 Å². The molecule has 0 atom stereocenters. The standard InChI is InChI=1S/C19H17NO3/c21-18(15-9-3-1-4-10-15)20-14-8-7-13-17(20)23-19(22)16-11-5-2-6-12-16/h1-6,9-13H,7-8,14H2. The lowest BCUT2D eigenvalue weighted by Gasteiger charge is -2.27. The first kappa shape index (κ1) is 15.0. The first-order chi connectivity index (χ1) is 11.3. The fourth-order valence-corrected chi connectivity index (χ4v) is 2.46. The summed E-state index contributed by atoms with van der Waals surface area (Å²) in [6.45, 7) is 0.543. The molecule has 4 nitrogen and oxygen atoms in total. The highest BCUT2D eigenvalue weighted by Crippen LogP contribution is 2.20. The molecule has 1 aliphatic rings. The van der Waals surface area contributed by atoms with E-state index in [2.05, 4.69) is 0 Å². The maximum atomic E-state index is 12.6. The van der Waals surface area contributed by atoms with E-state index in [1.165, 1.54) is 4.90 Å². The maximum absolute atomic E-state index is 12.6. The maximum Gasteiger partial charge on any atom is 0.344 e. The largest absolute Gasteiger partial charge is 0.406 e. The van der Waals surface area contributed by atoms with Gasteiger partial charge in [-0.25, -0.2) is 4.79 Å². The van der Waals surface area contributed by atoms with Gasteiger partial charge in [-0.1, -0.05) is 36.4 Å². The van der Waals surface area contributed by atoms with Crippen molar-refractivity contribution in [2.45, 2.75) is 12.8 Å². The number of amides is 1. The zero-order valence-corrected chi connectivity index (χ0v) is 12.6. The van der Waals surface area contributed by atoms with Crippen molar-refractivity contribution in [2.75, 3.05) is 6.54 Å². The van der Waals surface area contributed by atoms with Crippen LogP contribution in [0.4, 0.5) is 0 Å². The van der Waals surface area contributed by atoms with Gasteiger partial charge in [-0.3, -0.25) is 9.69 Å². The van der Waals surface area contributed by atoms with E-state index in [4.69, 9.17) is 4.74 Å². The summed E-state index contributed by atoms with van der Waals surface area (Å²) in [6, 6.07) is 17.8. The van der Waals surface area contributed by atoms with Crippen molar-refractivity contribution in [3.05, 3.63) is 83.7 Å². The Morgan fingerprint density at radius 3 is 2.13 bits per heavy atom. The van der Waals surface area contributed by atoms with Gasteiger partial charge in [0.05, 0.1) is 5.56 Å². The zero-order chi connectivity index (χ0) is 16.1. The summed E-state index contributed by atoms with van der Waals surface area (Å²) >= 11 is 0. The fraction of sp³-hybridized carbons (Fsp3) is 0.158. The van der Waals surface area contributed by atoms with Crippen LogP contribution in [0, 0.1) is 0 Å². The van der Waals surface area contributed by atoms with Crippen LogP contribution >= 0.6 is 0 Å². The number of nitrogens with zero attached hydrogens (tertiary/aromatic N) is 1. The number of ether oxygens (including phenoxy) is 1. The molecule has 116 valence electrons. The molecule has 0 bridgehead atoms. The van der Waals surface area contributed by atoms with Crippen LogP contribution in [0.1, 0.15) is 33.6 Å². The van der Waals surface area contributed by atoms with Crippen LogP contribution in [0.2, 0.25) is 0 Å². The van der Waals surface area contributed by atoms with E-state index in [1.807, 2.05) is 24.3 Å². The molecule has 0 N–H and O–H groups in total. The minimum Gasteiger partial charge on any atom is -0.406 e. The second kappa shape index (κ2) is 6.92. The Bertz CT molecular complexity index is 723. The second-order valence-electron chi connectivity index (χ2n) is 5.26. The quantitative estimate of drug-likeness (QED) is 0.814. The van der Waals surface area contributed by atoms with Crippen molar-refractivity contribution in [3.63, 3.8) is 0 Å². The fourth-order valence-electron chi connectivity index (χ4n) is 2.46. The Morgan fingerprint density at radius 2 is 1.48 bits per heavy atom. The summed E-state index contributed by atoms with van der Waals surface area (Å²) in [7, 11) is 0. The molecule has 0 unspecified atom stereocenters. The average Bonchev–Trinajstić information content (AvgIpc) is 2.63. The highest BCUT2D eigenvalue weighted by Gasteiger charge is 2.25. The topological polar surface area (TPSA) is 46.6 Å². The first-order valence-corrected chi connectivity index (χ1v) is 7.60. The molecule has 2 aromatic rings.